The van der Waals surface area contributed by atoms with Gasteiger partial charge in [-0.15, -0.1) is 24.0 Å². The zero-order chi connectivity index (χ0) is 24.6. The molecule has 0 aliphatic carbocycles. The minimum atomic E-state index is -1.11. The number of carboxylic acids is 1. The lowest BCUT2D eigenvalue weighted by Crippen LogP contribution is -2.52. The second-order valence-corrected chi connectivity index (χ2v) is 9.94. The van der Waals surface area contributed by atoms with Crippen molar-refractivity contribution >= 4 is 57.4 Å². The molecule has 2 aromatic carbocycles. The van der Waals surface area contributed by atoms with Crippen molar-refractivity contribution in [1.29, 1.82) is 0 Å². The normalized spacial score (nSPS) is 13.8. The lowest BCUT2D eigenvalue weighted by Gasteiger charge is -2.19. The average molecular weight is 518 g/mol. The van der Waals surface area contributed by atoms with Crippen LogP contribution >= 0.6 is 35.6 Å². The molecule has 2 aromatic heterocycles. The molecule has 0 saturated heterocycles. The third-order valence-corrected chi connectivity index (χ3v) is 6.95. The highest BCUT2D eigenvalue weighted by molar-refractivity contribution is 7.82. The molecule has 0 saturated carbocycles. The molecule has 2 heterocycles. The fraction of sp³-hybridized carbons (Fsp3) is 0.227. The first-order chi connectivity index (χ1) is 16.1. The molecule has 0 bridgehead atoms. The third kappa shape index (κ3) is 4.86. The summed E-state index contributed by atoms with van der Waals surface area (Å²) in [6.45, 7) is 3.05. The number of aromatic amines is 1. The largest absolute Gasteiger partial charge is 0.481 e. The molecular formula is C22H20ClN5O4S2. The first kappa shape index (κ1) is 24.0. The molecule has 0 radical (unpaired) electrons. The Kier molecular flexibility index (Phi) is 6.78. The molecule has 2 atom stereocenters. The quantitative estimate of drug-likeness (QED) is 0.338. The molecule has 4 rings (SSSR count). The minimum absolute atomic E-state index is 0.0336. The van der Waals surface area contributed by atoms with Gasteiger partial charge in [-0.2, -0.15) is 0 Å². The van der Waals surface area contributed by atoms with E-state index in [9.17, 15) is 19.5 Å². The number of nitrogens with zero attached hydrogens (tertiary/aromatic N) is 4. The lowest BCUT2D eigenvalue weighted by atomic mass is 10.0. The number of thiol groups is 1. The molecule has 0 fully saturated rings. The van der Waals surface area contributed by atoms with Gasteiger partial charge >= 0.3 is 17.3 Å². The van der Waals surface area contributed by atoms with E-state index in [0.717, 1.165) is 20.3 Å². The first-order valence-corrected chi connectivity index (χ1v) is 11.9. The lowest BCUT2D eigenvalue weighted by molar-refractivity contribution is -0.142. The Morgan fingerprint density at radius 1 is 1.24 bits per heavy atom. The highest BCUT2D eigenvalue weighted by Gasteiger charge is 2.25. The molecular weight excluding hydrogens is 498 g/mol. The van der Waals surface area contributed by atoms with Gasteiger partial charge in [-0.3, -0.25) is 14.3 Å². The second-order valence-electron chi connectivity index (χ2n) is 7.75. The van der Waals surface area contributed by atoms with Crippen molar-refractivity contribution in [2.45, 2.75) is 30.8 Å². The smallest absolute Gasteiger partial charge is 0.335 e. The van der Waals surface area contributed by atoms with Gasteiger partial charge in [0.05, 0.1) is 34.4 Å². The van der Waals surface area contributed by atoms with Crippen LogP contribution in [0.15, 0.2) is 61.4 Å². The van der Waals surface area contributed by atoms with E-state index in [0.29, 0.717) is 15.0 Å². The summed E-state index contributed by atoms with van der Waals surface area (Å²) in [5.74, 6) is -2.08. The summed E-state index contributed by atoms with van der Waals surface area (Å²) >= 11 is 11.6. The van der Waals surface area contributed by atoms with Gasteiger partial charge in [-0.25, -0.2) is 24.1 Å². The van der Waals surface area contributed by atoms with Gasteiger partial charge in [0.2, 0.25) is 5.62 Å². The number of nitrogens with one attached hydrogen (secondary N) is 1. The molecule has 0 amide bonds. The van der Waals surface area contributed by atoms with Gasteiger partial charge in [0.15, 0.2) is 0 Å². The van der Waals surface area contributed by atoms with Crippen LogP contribution in [-0.2, 0) is 11.3 Å². The van der Waals surface area contributed by atoms with Crippen molar-refractivity contribution < 1.29 is 9.90 Å². The maximum Gasteiger partial charge on any atom is 0.335 e. The van der Waals surface area contributed by atoms with Crippen LogP contribution < -0.4 is 17.0 Å². The Labute approximate surface area is 207 Å². The van der Waals surface area contributed by atoms with E-state index in [1.807, 2.05) is 0 Å². The fourth-order valence-corrected chi connectivity index (χ4v) is 4.68. The van der Waals surface area contributed by atoms with Crippen LogP contribution in [0.1, 0.15) is 25.5 Å². The summed E-state index contributed by atoms with van der Waals surface area (Å²) < 4.78 is 3.68. The molecule has 0 aliphatic heterocycles. The summed E-state index contributed by atoms with van der Waals surface area (Å²) in [4.78, 5) is 49.3. The summed E-state index contributed by atoms with van der Waals surface area (Å²) in [5.41, 5.74) is 0.643. The fourth-order valence-electron chi connectivity index (χ4n) is 3.42. The number of carboxylic acid groups (broad SMARTS) is 1. The van der Waals surface area contributed by atoms with E-state index in [1.165, 1.54) is 29.8 Å². The number of aliphatic carboxylic acids is 1. The van der Waals surface area contributed by atoms with Crippen LogP contribution in [0, 0.1) is 5.92 Å². The molecule has 2 N–H and O–H groups in total. The van der Waals surface area contributed by atoms with E-state index in [2.05, 4.69) is 27.6 Å². The van der Waals surface area contributed by atoms with E-state index in [1.54, 1.807) is 42.5 Å². The summed E-state index contributed by atoms with van der Waals surface area (Å²) in [5, 5.41) is 9.93. The molecule has 9 nitrogen and oxygen atoms in total. The van der Waals surface area contributed by atoms with Gasteiger partial charge in [0.25, 0.3) is 0 Å². The second kappa shape index (κ2) is 9.61. The van der Waals surface area contributed by atoms with Gasteiger partial charge in [0, 0.05) is 5.02 Å². The van der Waals surface area contributed by atoms with Crippen LogP contribution in [0.5, 0.6) is 0 Å². The molecule has 34 heavy (non-hydrogen) atoms. The molecule has 0 spiro atoms. The van der Waals surface area contributed by atoms with E-state index in [-0.39, 0.29) is 12.2 Å². The highest BCUT2D eigenvalue weighted by Crippen LogP contribution is 2.27. The van der Waals surface area contributed by atoms with Crippen LogP contribution in [0.3, 0.4) is 0 Å². The number of hydrogen-bond donors (Lipinski definition) is 3. The Morgan fingerprint density at radius 2 is 1.94 bits per heavy atom. The maximum absolute atomic E-state index is 13.5. The zero-order valence-corrected chi connectivity index (χ0v) is 20.6. The predicted octanol–water partition coefficient (Wildman–Crippen LogP) is 3.45. The van der Waals surface area contributed by atoms with Crippen LogP contribution in [0.4, 0.5) is 5.69 Å². The van der Waals surface area contributed by atoms with E-state index in [4.69, 9.17) is 11.6 Å². The number of H-pyrrole nitrogens is 1. The monoisotopic (exact) mass is 517 g/mol. The number of carbonyl (C=O) groups is 1. The van der Waals surface area contributed by atoms with E-state index >= 15 is 0 Å². The Balaban J connectivity index is 1.92. The number of aromatic nitrogens is 4. The van der Waals surface area contributed by atoms with Crippen LogP contribution in [0.25, 0.3) is 10.2 Å². The van der Waals surface area contributed by atoms with Gasteiger partial charge in [0.1, 0.15) is 4.34 Å². The predicted molar refractivity (Wildman–Crippen MR) is 133 cm³/mol. The van der Waals surface area contributed by atoms with Crippen molar-refractivity contribution in [2.24, 2.45) is 10.9 Å². The van der Waals surface area contributed by atoms with E-state index < -0.39 is 29.3 Å². The van der Waals surface area contributed by atoms with Crippen molar-refractivity contribution in [3.05, 3.63) is 79.6 Å². The molecule has 4 aromatic rings. The Hall–Kier alpha value is -3.15. The molecule has 0 aliphatic rings. The first-order valence-electron chi connectivity index (χ1n) is 10.2. The zero-order valence-electron chi connectivity index (χ0n) is 18.1. The van der Waals surface area contributed by atoms with Crippen molar-refractivity contribution in [3.8, 4) is 0 Å². The molecule has 176 valence electrons. The molecule has 12 heteroatoms. The van der Waals surface area contributed by atoms with Crippen LogP contribution in [-0.4, -0.2) is 30.2 Å². The Bertz CT molecular complexity index is 1570. The molecule has 0 unspecified atom stereocenters. The number of thiazole rings is 1. The van der Waals surface area contributed by atoms with Crippen molar-refractivity contribution in [2.75, 3.05) is 0 Å². The van der Waals surface area contributed by atoms with Gasteiger partial charge in [-0.1, -0.05) is 23.7 Å². The maximum atomic E-state index is 13.5. The number of benzene rings is 2. The van der Waals surface area contributed by atoms with Crippen molar-refractivity contribution in [3.63, 3.8) is 0 Å². The highest BCUT2D eigenvalue weighted by atomic mass is 35.5. The Morgan fingerprint density at radius 3 is 2.62 bits per heavy atom. The van der Waals surface area contributed by atoms with Gasteiger partial charge in [-0.05, 0) is 49.7 Å². The number of fused-ring (bicyclic) bond motifs is 1. The summed E-state index contributed by atoms with van der Waals surface area (Å²) in [7, 11) is 0. The third-order valence-electron chi connectivity index (χ3n) is 5.50. The standard InChI is InChI=1S/C22H20ClN5O4S2/c1-11(18(29)30)12(2)28-20(31)26-19(24-15-7-8-16-17(9-15)34-21(33)25-16)27(22(28)32)10-13-3-5-14(23)6-4-13/h3-9,11-12H,10H2,1-2H3,(H,25,33)(H,29,30)(H,24,26,31)/t11-,12+/m1/s1. The number of rotatable bonds is 6. The average Bonchev–Trinajstić information content (AvgIpc) is 3.16. The SMILES string of the molecule is C[C@@H](C(=O)O)[C@H](C)n1c(=O)[nH]/c(=N\c2ccc3nc(S)sc3c2)n(Cc2ccc(Cl)cc2)c1=O. The van der Waals surface area contributed by atoms with Crippen molar-refractivity contribution in [1.82, 2.24) is 19.1 Å². The topological polar surface area (TPSA) is 122 Å². The minimum Gasteiger partial charge on any atom is -0.481 e. The number of hydrogen-bond acceptors (Lipinski definition) is 7. The van der Waals surface area contributed by atoms with Crippen LogP contribution in [0.2, 0.25) is 5.02 Å². The number of halogens is 1. The summed E-state index contributed by atoms with van der Waals surface area (Å²) in [6, 6.07) is 11.3. The van der Waals surface area contributed by atoms with Gasteiger partial charge < -0.3 is 5.11 Å². The summed E-state index contributed by atoms with van der Waals surface area (Å²) in [6.07, 6.45) is 0.